The van der Waals surface area contributed by atoms with E-state index in [4.69, 9.17) is 23.7 Å². The summed E-state index contributed by atoms with van der Waals surface area (Å²) in [7, 11) is -3.09. The highest BCUT2D eigenvalue weighted by Gasteiger charge is 2.31. The molecule has 36 heavy (non-hydrogen) atoms. The maximum Gasteiger partial charge on any atom is 0.217 e. The number of hydrogen-bond donors (Lipinski definition) is 0. The van der Waals surface area contributed by atoms with Crippen molar-refractivity contribution in [1.29, 1.82) is 0 Å². The van der Waals surface area contributed by atoms with Gasteiger partial charge in [-0.15, -0.1) is 0 Å². The number of methoxy groups -OCH3 is 1. The molecule has 9 nitrogen and oxygen atoms in total. The van der Waals surface area contributed by atoms with Crippen molar-refractivity contribution in [3.05, 3.63) is 0 Å². The van der Waals surface area contributed by atoms with Gasteiger partial charge in [-0.3, -0.25) is 4.18 Å². The zero-order valence-corrected chi connectivity index (χ0v) is 24.0. The Balaban J connectivity index is 4.78. The lowest BCUT2D eigenvalue weighted by Crippen LogP contribution is -2.38. The van der Waals surface area contributed by atoms with Crippen molar-refractivity contribution in [1.82, 2.24) is 0 Å². The van der Waals surface area contributed by atoms with Gasteiger partial charge < -0.3 is 28.2 Å². The highest BCUT2D eigenvalue weighted by molar-refractivity contribution is 7.80. The molecule has 218 valence electrons. The van der Waals surface area contributed by atoms with E-state index < -0.39 is 10.4 Å². The molecule has 10 heteroatoms. The molecule has 0 N–H and O–H groups in total. The van der Waals surface area contributed by atoms with Gasteiger partial charge in [-0.25, -0.2) is 8.42 Å². The second kappa shape index (κ2) is 25.0. The van der Waals surface area contributed by atoms with Crippen molar-refractivity contribution in [3.63, 3.8) is 0 Å². The molecule has 0 amide bonds. The van der Waals surface area contributed by atoms with E-state index in [1.807, 2.05) is 0 Å². The van der Waals surface area contributed by atoms with Crippen LogP contribution in [0.2, 0.25) is 0 Å². The van der Waals surface area contributed by atoms with Crippen LogP contribution in [0.25, 0.3) is 0 Å². The third-order valence-corrected chi connectivity index (χ3v) is 6.35. The van der Waals surface area contributed by atoms with Crippen LogP contribution in [-0.2, 0) is 38.3 Å². The van der Waals surface area contributed by atoms with Crippen molar-refractivity contribution >= 4 is 10.4 Å². The van der Waals surface area contributed by atoms with Crippen molar-refractivity contribution in [2.75, 3.05) is 73.2 Å². The van der Waals surface area contributed by atoms with Crippen molar-refractivity contribution < 1.29 is 40.8 Å². The summed E-state index contributed by atoms with van der Waals surface area (Å²) in [6.45, 7) is 8.56. The maximum atomic E-state index is 10.7. The minimum atomic E-state index is -4.72. The van der Waals surface area contributed by atoms with Crippen molar-refractivity contribution in [2.45, 2.75) is 90.9 Å². The summed E-state index contributed by atoms with van der Waals surface area (Å²) in [5, 5.41) is 0. The van der Waals surface area contributed by atoms with E-state index in [-0.39, 0.29) is 18.6 Å². The third-order valence-electron chi connectivity index (χ3n) is 5.89. The van der Waals surface area contributed by atoms with Crippen LogP contribution < -0.4 is 0 Å². The minimum absolute atomic E-state index is 0.00396. The van der Waals surface area contributed by atoms with Crippen LogP contribution in [0.15, 0.2) is 0 Å². The average Bonchev–Trinajstić information content (AvgIpc) is 2.84. The van der Waals surface area contributed by atoms with Gasteiger partial charge in [0, 0.05) is 32.3 Å². The predicted molar refractivity (Wildman–Crippen MR) is 140 cm³/mol. The Morgan fingerprint density at radius 2 is 1.08 bits per heavy atom. The maximum absolute atomic E-state index is 10.7. The average molecular weight is 542 g/mol. The summed E-state index contributed by atoms with van der Waals surface area (Å²) >= 11 is 0. The largest absolute Gasteiger partial charge is 0.726 e. The SMILES string of the molecule is CCCCCCCCOC[C@](CCCCCOCCCC)(COCCOC)COCCOS(=O)(=O)[O-]. The lowest BCUT2D eigenvalue weighted by atomic mass is 9.84. The molecule has 0 aromatic carbocycles. The topological polar surface area (TPSA) is 113 Å². The molecule has 0 unspecified atom stereocenters. The molecule has 0 aliphatic rings. The first kappa shape index (κ1) is 35.7. The van der Waals surface area contributed by atoms with Gasteiger partial charge in [0.15, 0.2) is 0 Å². The van der Waals surface area contributed by atoms with E-state index in [9.17, 15) is 13.0 Å². The van der Waals surface area contributed by atoms with Crippen LogP contribution in [0, 0.1) is 5.41 Å². The molecule has 0 saturated heterocycles. The van der Waals surface area contributed by atoms with Crippen LogP contribution in [0.1, 0.15) is 90.9 Å². The zero-order chi connectivity index (χ0) is 26.8. The molecule has 0 aromatic heterocycles. The zero-order valence-electron chi connectivity index (χ0n) is 23.1. The Kier molecular flexibility index (Phi) is 24.7. The van der Waals surface area contributed by atoms with Crippen LogP contribution in [0.5, 0.6) is 0 Å². The Labute approximate surface area is 220 Å². The van der Waals surface area contributed by atoms with E-state index in [1.165, 1.54) is 25.7 Å². The van der Waals surface area contributed by atoms with Gasteiger partial charge in [0.05, 0.1) is 46.2 Å². The molecule has 1 atom stereocenters. The summed E-state index contributed by atoms with van der Waals surface area (Å²) in [6.07, 6.45) is 13.3. The normalized spacial score (nSPS) is 13.8. The smallest absolute Gasteiger partial charge is 0.217 e. The highest BCUT2D eigenvalue weighted by atomic mass is 32.3. The highest BCUT2D eigenvalue weighted by Crippen LogP contribution is 2.28. The monoisotopic (exact) mass is 541 g/mol. The first-order valence-electron chi connectivity index (χ1n) is 13.8. The first-order valence-corrected chi connectivity index (χ1v) is 15.1. The standard InChI is InChI=1S/C26H54O9S/c1-4-6-8-9-10-13-18-32-23-26(24-33-20-19-30-3,25-34-21-22-35-36(27,28)29)15-12-11-14-17-31-16-7-5-2/h4-25H2,1-3H3,(H,27,28,29)/p-1/t26-/m1/s1. The van der Waals surface area contributed by atoms with Gasteiger partial charge >= 0.3 is 0 Å². The van der Waals surface area contributed by atoms with Crippen molar-refractivity contribution in [3.8, 4) is 0 Å². The molecule has 0 aliphatic heterocycles. The number of unbranched alkanes of at least 4 members (excludes halogenated alkanes) is 8. The molecule has 0 bridgehead atoms. The first-order chi connectivity index (χ1) is 17.4. The van der Waals surface area contributed by atoms with Crippen LogP contribution >= 0.6 is 0 Å². The van der Waals surface area contributed by atoms with E-state index in [1.54, 1.807) is 7.11 Å². The van der Waals surface area contributed by atoms with E-state index >= 15 is 0 Å². The van der Waals surface area contributed by atoms with Gasteiger partial charge in [0.25, 0.3) is 0 Å². The Morgan fingerprint density at radius 3 is 1.69 bits per heavy atom. The van der Waals surface area contributed by atoms with Gasteiger partial charge in [-0.1, -0.05) is 65.2 Å². The number of ether oxygens (including phenoxy) is 5. The van der Waals surface area contributed by atoms with E-state index in [0.717, 1.165) is 64.6 Å². The van der Waals surface area contributed by atoms with Crippen LogP contribution in [0.3, 0.4) is 0 Å². The lowest BCUT2D eigenvalue weighted by Gasteiger charge is -2.33. The van der Waals surface area contributed by atoms with Crippen molar-refractivity contribution in [2.24, 2.45) is 5.41 Å². The summed E-state index contributed by atoms with van der Waals surface area (Å²) in [6, 6.07) is 0. The Hall–Kier alpha value is -0.330. The molecular weight excluding hydrogens is 488 g/mol. The Bertz CT molecular complexity index is 538. The van der Waals surface area contributed by atoms with Gasteiger partial charge in [-0.05, 0) is 25.7 Å². The fourth-order valence-corrected chi connectivity index (χ4v) is 4.03. The molecule has 0 aliphatic carbocycles. The minimum Gasteiger partial charge on any atom is -0.726 e. The van der Waals surface area contributed by atoms with E-state index in [0.29, 0.717) is 39.6 Å². The molecule has 0 spiro atoms. The molecule has 0 heterocycles. The third kappa shape index (κ3) is 24.0. The molecule has 0 aromatic rings. The summed E-state index contributed by atoms with van der Waals surface area (Å²) < 4.78 is 64.8. The molecule has 0 fully saturated rings. The van der Waals surface area contributed by atoms with E-state index in [2.05, 4.69) is 18.0 Å². The quantitative estimate of drug-likeness (QED) is 0.0742. The lowest BCUT2D eigenvalue weighted by molar-refractivity contribution is -0.0826. The summed E-state index contributed by atoms with van der Waals surface area (Å²) in [4.78, 5) is 0. The predicted octanol–water partition coefficient (Wildman–Crippen LogP) is 4.88. The van der Waals surface area contributed by atoms with Gasteiger partial charge in [-0.2, -0.15) is 0 Å². The van der Waals surface area contributed by atoms with Gasteiger partial charge in [0.1, 0.15) is 0 Å². The second-order valence-corrected chi connectivity index (χ2v) is 10.5. The van der Waals surface area contributed by atoms with Gasteiger partial charge in [0.2, 0.25) is 10.4 Å². The summed E-state index contributed by atoms with van der Waals surface area (Å²) in [5.74, 6) is 0. The van der Waals surface area contributed by atoms with Crippen LogP contribution in [-0.4, -0.2) is 86.1 Å². The fourth-order valence-electron chi connectivity index (χ4n) is 3.76. The molecule has 0 saturated carbocycles. The molecule has 0 radical (unpaired) electrons. The molecular formula is C26H53O9S-. The summed E-state index contributed by atoms with van der Waals surface area (Å²) in [5.41, 5.74) is -0.380. The van der Waals surface area contributed by atoms with Crippen LogP contribution in [0.4, 0.5) is 0 Å². The Morgan fingerprint density at radius 1 is 0.583 bits per heavy atom. The second-order valence-electron chi connectivity index (χ2n) is 9.43. The molecule has 0 rings (SSSR count). The fraction of sp³-hybridized carbons (Fsp3) is 1.00. The number of hydrogen-bond acceptors (Lipinski definition) is 9. The number of rotatable bonds is 29.